The maximum atomic E-state index is 13.1. The number of aromatic nitrogens is 2. The smallest absolute Gasteiger partial charge is 0.273 e. The van der Waals surface area contributed by atoms with Crippen molar-refractivity contribution in [2.24, 2.45) is 0 Å². The van der Waals surface area contributed by atoms with Crippen LogP contribution in [-0.4, -0.2) is 47.1 Å². The van der Waals surface area contributed by atoms with Crippen molar-refractivity contribution in [3.63, 3.8) is 0 Å². The van der Waals surface area contributed by atoms with Crippen LogP contribution in [0.3, 0.4) is 0 Å². The van der Waals surface area contributed by atoms with Crippen molar-refractivity contribution in [2.75, 3.05) is 30.9 Å². The maximum absolute atomic E-state index is 13.1. The van der Waals surface area contributed by atoms with Crippen LogP contribution in [0.5, 0.6) is 0 Å². The first-order valence-corrected chi connectivity index (χ1v) is 11.3. The number of nitrogens with zero attached hydrogens (tertiary/aromatic N) is 3. The largest absolute Gasteiger partial charge is 0.383 e. The summed E-state index contributed by atoms with van der Waals surface area (Å²) in [6, 6.07) is 18.7. The van der Waals surface area contributed by atoms with E-state index in [-0.39, 0.29) is 18.0 Å². The fourth-order valence-electron chi connectivity index (χ4n) is 3.97. The summed E-state index contributed by atoms with van der Waals surface area (Å²) in [5.74, 6) is 1.03. The summed E-state index contributed by atoms with van der Waals surface area (Å²) in [6.07, 6.45) is 0. The molecule has 4 rings (SSSR count). The van der Waals surface area contributed by atoms with Crippen molar-refractivity contribution in [3.05, 3.63) is 82.5 Å². The van der Waals surface area contributed by atoms with Gasteiger partial charge in [0.15, 0.2) is 0 Å². The molecule has 0 aliphatic carbocycles. The molecule has 0 saturated heterocycles. The summed E-state index contributed by atoms with van der Waals surface area (Å²) in [4.78, 5) is 24.3. The minimum absolute atomic E-state index is 0.0631. The van der Waals surface area contributed by atoms with E-state index in [4.69, 9.17) is 9.72 Å². The second-order valence-electron chi connectivity index (χ2n) is 8.57. The molecular formula is C26H31N5O2. The van der Waals surface area contributed by atoms with Crippen molar-refractivity contribution < 1.29 is 9.53 Å². The van der Waals surface area contributed by atoms with Crippen LogP contribution < -0.4 is 10.6 Å². The Morgan fingerprint density at radius 1 is 1.03 bits per heavy atom. The summed E-state index contributed by atoms with van der Waals surface area (Å²) in [6.45, 7) is 7.67. The molecular weight excluding hydrogens is 414 g/mol. The zero-order chi connectivity index (χ0) is 23.4. The van der Waals surface area contributed by atoms with Gasteiger partial charge in [-0.25, -0.2) is 4.98 Å². The summed E-state index contributed by atoms with van der Waals surface area (Å²) in [5.41, 5.74) is 4.73. The van der Waals surface area contributed by atoms with Crippen LogP contribution in [-0.2, 0) is 11.3 Å². The number of hydrogen-bond acceptors (Lipinski definition) is 6. The number of fused-ring (bicyclic) bond motifs is 1. The molecule has 7 heteroatoms. The van der Waals surface area contributed by atoms with Gasteiger partial charge in [0.25, 0.3) is 5.91 Å². The van der Waals surface area contributed by atoms with Gasteiger partial charge in [-0.05, 0) is 31.9 Å². The Kier molecular flexibility index (Phi) is 6.89. The molecule has 33 heavy (non-hydrogen) atoms. The van der Waals surface area contributed by atoms with E-state index < -0.39 is 0 Å². The van der Waals surface area contributed by atoms with Gasteiger partial charge in [0.05, 0.1) is 19.2 Å². The fourth-order valence-corrected chi connectivity index (χ4v) is 3.97. The third kappa shape index (κ3) is 4.98. The highest BCUT2D eigenvalue weighted by atomic mass is 16.5. The molecule has 1 aromatic heterocycles. The van der Waals surface area contributed by atoms with E-state index in [1.807, 2.05) is 36.9 Å². The minimum atomic E-state index is -0.124. The summed E-state index contributed by atoms with van der Waals surface area (Å²) < 4.78 is 5.14. The van der Waals surface area contributed by atoms with Gasteiger partial charge in [0.1, 0.15) is 11.5 Å². The standard InChI is InChI=1S/C26H31N5O2/c1-17(2)31-16-21-23(25(31)32)29-26(27-14-15-33-4)30-24(21)28-22(19-8-6-5-7-9-19)20-12-10-18(3)11-13-20/h5-13,17,22H,14-16H2,1-4H3,(H2,27,28,29,30). The third-order valence-electron chi connectivity index (χ3n) is 5.84. The molecule has 2 N–H and O–H groups in total. The molecule has 7 nitrogen and oxygen atoms in total. The molecule has 2 heterocycles. The van der Waals surface area contributed by atoms with E-state index >= 15 is 0 Å². The van der Waals surface area contributed by atoms with Crippen LogP contribution in [0, 0.1) is 6.92 Å². The molecule has 172 valence electrons. The number of methoxy groups -OCH3 is 1. The lowest BCUT2D eigenvalue weighted by Gasteiger charge is -2.23. The van der Waals surface area contributed by atoms with Crippen LogP contribution in [0.25, 0.3) is 0 Å². The van der Waals surface area contributed by atoms with Crippen LogP contribution in [0.15, 0.2) is 54.6 Å². The number of aryl methyl sites for hydroxylation is 1. The van der Waals surface area contributed by atoms with E-state index in [1.165, 1.54) is 5.56 Å². The van der Waals surface area contributed by atoms with Crippen molar-refractivity contribution in [1.82, 2.24) is 14.9 Å². The van der Waals surface area contributed by atoms with Gasteiger partial charge in [0, 0.05) is 25.3 Å². The molecule has 2 aromatic carbocycles. The van der Waals surface area contributed by atoms with E-state index in [0.717, 1.165) is 16.7 Å². The highest BCUT2D eigenvalue weighted by Crippen LogP contribution is 2.33. The Morgan fingerprint density at radius 2 is 1.73 bits per heavy atom. The maximum Gasteiger partial charge on any atom is 0.273 e. The Morgan fingerprint density at radius 3 is 2.39 bits per heavy atom. The van der Waals surface area contributed by atoms with E-state index in [9.17, 15) is 4.79 Å². The minimum Gasteiger partial charge on any atom is -0.383 e. The Balaban J connectivity index is 1.76. The predicted molar refractivity (Wildman–Crippen MR) is 130 cm³/mol. The zero-order valence-electron chi connectivity index (χ0n) is 19.6. The molecule has 0 bridgehead atoms. The van der Waals surface area contributed by atoms with Gasteiger partial charge < -0.3 is 20.3 Å². The molecule has 0 fully saturated rings. The van der Waals surface area contributed by atoms with Gasteiger partial charge in [0.2, 0.25) is 5.95 Å². The molecule has 0 saturated carbocycles. The van der Waals surface area contributed by atoms with Crippen molar-refractivity contribution in [1.29, 1.82) is 0 Å². The van der Waals surface area contributed by atoms with E-state index in [2.05, 4.69) is 58.9 Å². The number of carbonyl (C=O) groups excluding carboxylic acids is 1. The van der Waals surface area contributed by atoms with Gasteiger partial charge in [-0.3, -0.25) is 4.79 Å². The average Bonchev–Trinajstić information content (AvgIpc) is 3.16. The number of nitrogens with one attached hydrogen (secondary N) is 2. The van der Waals surface area contributed by atoms with E-state index in [0.29, 0.717) is 37.2 Å². The van der Waals surface area contributed by atoms with Gasteiger partial charge in [-0.2, -0.15) is 4.98 Å². The molecule has 1 atom stereocenters. The van der Waals surface area contributed by atoms with Crippen LogP contribution >= 0.6 is 0 Å². The highest BCUT2D eigenvalue weighted by molar-refractivity contribution is 5.98. The van der Waals surface area contributed by atoms with E-state index in [1.54, 1.807) is 7.11 Å². The quantitative estimate of drug-likeness (QED) is 0.475. The average molecular weight is 446 g/mol. The monoisotopic (exact) mass is 445 g/mol. The Bertz CT molecular complexity index is 1100. The normalized spacial score (nSPS) is 13.8. The first-order valence-electron chi connectivity index (χ1n) is 11.3. The van der Waals surface area contributed by atoms with Crippen molar-refractivity contribution >= 4 is 17.7 Å². The molecule has 0 spiro atoms. The van der Waals surface area contributed by atoms with Gasteiger partial charge >= 0.3 is 0 Å². The number of carbonyl (C=O) groups is 1. The molecule has 3 aromatic rings. The van der Waals surface area contributed by atoms with Crippen LogP contribution in [0.4, 0.5) is 11.8 Å². The number of benzene rings is 2. The van der Waals surface area contributed by atoms with Crippen LogP contribution in [0.2, 0.25) is 0 Å². The SMILES string of the molecule is COCCNc1nc(NC(c2ccccc2)c2ccc(C)cc2)c2c(n1)C(=O)N(C(C)C)C2. The Labute approximate surface area is 195 Å². The number of rotatable bonds is 9. The molecule has 1 amide bonds. The number of anilines is 2. The molecule has 0 radical (unpaired) electrons. The van der Waals surface area contributed by atoms with Gasteiger partial charge in [-0.15, -0.1) is 0 Å². The molecule has 1 aliphatic rings. The fraction of sp³-hybridized carbons (Fsp3) is 0.346. The Hall–Kier alpha value is -3.45. The number of amides is 1. The lowest BCUT2D eigenvalue weighted by Crippen LogP contribution is -2.31. The second kappa shape index (κ2) is 10.0. The lowest BCUT2D eigenvalue weighted by molar-refractivity contribution is 0.0726. The topological polar surface area (TPSA) is 79.4 Å². The first-order chi connectivity index (χ1) is 16.0. The highest BCUT2D eigenvalue weighted by Gasteiger charge is 2.34. The lowest BCUT2D eigenvalue weighted by atomic mass is 9.97. The van der Waals surface area contributed by atoms with Crippen molar-refractivity contribution in [2.45, 2.75) is 39.4 Å². The number of hydrogen-bond donors (Lipinski definition) is 2. The van der Waals surface area contributed by atoms with Crippen molar-refractivity contribution in [3.8, 4) is 0 Å². The summed E-state index contributed by atoms with van der Waals surface area (Å²) in [7, 11) is 1.65. The predicted octanol–water partition coefficient (Wildman–Crippen LogP) is 4.41. The second-order valence-corrected chi connectivity index (χ2v) is 8.57. The summed E-state index contributed by atoms with van der Waals surface area (Å²) >= 11 is 0. The molecule has 1 unspecified atom stereocenters. The molecule has 1 aliphatic heterocycles. The zero-order valence-corrected chi connectivity index (χ0v) is 19.6. The van der Waals surface area contributed by atoms with Gasteiger partial charge in [-0.1, -0.05) is 60.2 Å². The third-order valence-corrected chi connectivity index (χ3v) is 5.84. The number of ether oxygens (including phenoxy) is 1. The first kappa shape index (κ1) is 22.7. The van der Waals surface area contributed by atoms with Crippen LogP contribution in [0.1, 0.15) is 52.6 Å². The summed E-state index contributed by atoms with van der Waals surface area (Å²) in [5, 5.41) is 6.82.